The fourth-order valence-corrected chi connectivity index (χ4v) is 4.81. The molecule has 0 saturated carbocycles. The molecule has 38 heavy (non-hydrogen) atoms. The van der Waals surface area contributed by atoms with Gasteiger partial charge in [0.05, 0.1) is 22.8 Å². The number of amides is 2. The van der Waals surface area contributed by atoms with Crippen LogP contribution in [0.5, 0.6) is 28.7 Å². The summed E-state index contributed by atoms with van der Waals surface area (Å²) in [7, 11) is 0. The SMILES string of the molecule is O=C(CNC(=O)c1ccc2c(c1)OCO2)N/N=C\c1cc(Br)cc(Br)c1OC(=O)c1ccc2c(c1)OCO2. The van der Waals surface area contributed by atoms with Gasteiger partial charge in [0.2, 0.25) is 13.6 Å². The first-order valence-corrected chi connectivity index (χ1v) is 12.6. The number of hydrogen-bond donors (Lipinski definition) is 2. The Kier molecular flexibility index (Phi) is 7.47. The number of fused-ring (bicyclic) bond motifs is 2. The third-order valence-corrected chi connectivity index (χ3v) is 6.32. The summed E-state index contributed by atoms with van der Waals surface area (Å²) in [5.41, 5.74) is 3.30. The van der Waals surface area contributed by atoms with E-state index in [9.17, 15) is 14.4 Å². The van der Waals surface area contributed by atoms with Gasteiger partial charge in [0.15, 0.2) is 28.7 Å². The molecule has 0 bridgehead atoms. The lowest BCUT2D eigenvalue weighted by Gasteiger charge is -2.11. The molecule has 0 unspecified atom stereocenters. The van der Waals surface area contributed by atoms with Gasteiger partial charge >= 0.3 is 5.97 Å². The maximum absolute atomic E-state index is 12.8. The maximum atomic E-state index is 12.8. The van der Waals surface area contributed by atoms with Crippen LogP contribution in [0.2, 0.25) is 0 Å². The molecule has 3 aromatic rings. The van der Waals surface area contributed by atoms with E-state index >= 15 is 0 Å². The summed E-state index contributed by atoms with van der Waals surface area (Å²) in [6, 6.07) is 12.8. The van der Waals surface area contributed by atoms with Crippen LogP contribution in [0.15, 0.2) is 62.6 Å². The molecule has 2 heterocycles. The minimum atomic E-state index is -0.628. The quantitative estimate of drug-likeness (QED) is 0.172. The minimum absolute atomic E-state index is 0.0839. The van der Waals surface area contributed by atoms with Crippen molar-refractivity contribution < 1.29 is 38.1 Å². The van der Waals surface area contributed by atoms with Crippen molar-refractivity contribution in [3.8, 4) is 28.7 Å². The summed E-state index contributed by atoms with van der Waals surface area (Å²) in [5, 5.41) is 6.43. The molecule has 0 fully saturated rings. The van der Waals surface area contributed by atoms with Crippen LogP contribution in [-0.4, -0.2) is 44.1 Å². The predicted octanol–water partition coefficient (Wildman–Crippen LogP) is 3.77. The zero-order chi connectivity index (χ0) is 26.6. The molecule has 5 rings (SSSR count). The second-order valence-electron chi connectivity index (χ2n) is 7.81. The molecule has 3 aromatic carbocycles. The first-order valence-electron chi connectivity index (χ1n) is 11.0. The van der Waals surface area contributed by atoms with Crippen LogP contribution in [0.1, 0.15) is 26.3 Å². The van der Waals surface area contributed by atoms with Gasteiger partial charge in [-0.25, -0.2) is 10.2 Å². The lowest BCUT2D eigenvalue weighted by Crippen LogP contribution is -2.34. The third kappa shape index (κ3) is 5.73. The van der Waals surface area contributed by atoms with Crippen molar-refractivity contribution in [3.63, 3.8) is 0 Å². The van der Waals surface area contributed by atoms with Crippen LogP contribution in [0.25, 0.3) is 0 Å². The average molecular weight is 647 g/mol. The Labute approximate surface area is 232 Å². The smallest absolute Gasteiger partial charge is 0.343 e. The van der Waals surface area contributed by atoms with Gasteiger partial charge in [0.25, 0.3) is 11.8 Å². The molecule has 0 saturated heterocycles. The molecule has 13 heteroatoms. The van der Waals surface area contributed by atoms with E-state index in [0.717, 1.165) is 0 Å². The zero-order valence-corrected chi connectivity index (χ0v) is 22.5. The molecular formula is C25H17Br2N3O8. The highest BCUT2D eigenvalue weighted by Crippen LogP contribution is 2.35. The third-order valence-electron chi connectivity index (χ3n) is 5.28. The summed E-state index contributed by atoms with van der Waals surface area (Å²) in [5.74, 6) is 0.530. The van der Waals surface area contributed by atoms with Crippen molar-refractivity contribution in [1.82, 2.24) is 10.7 Å². The van der Waals surface area contributed by atoms with E-state index in [1.54, 1.807) is 36.4 Å². The van der Waals surface area contributed by atoms with Gasteiger partial charge in [-0.3, -0.25) is 9.59 Å². The van der Waals surface area contributed by atoms with Crippen molar-refractivity contribution in [3.05, 3.63) is 74.2 Å². The highest BCUT2D eigenvalue weighted by molar-refractivity contribution is 9.11. The Hall–Kier alpha value is -4.10. The first kappa shape index (κ1) is 25.5. The lowest BCUT2D eigenvalue weighted by molar-refractivity contribution is -0.120. The highest BCUT2D eigenvalue weighted by Gasteiger charge is 2.20. The number of rotatable bonds is 7. The zero-order valence-electron chi connectivity index (χ0n) is 19.3. The maximum Gasteiger partial charge on any atom is 0.343 e. The Balaban J connectivity index is 1.20. The Morgan fingerprint density at radius 2 is 1.50 bits per heavy atom. The largest absolute Gasteiger partial charge is 0.454 e. The second-order valence-corrected chi connectivity index (χ2v) is 9.58. The number of nitrogens with zero attached hydrogens (tertiary/aromatic N) is 1. The van der Waals surface area contributed by atoms with Crippen LogP contribution in [0, 0.1) is 0 Å². The summed E-state index contributed by atoms with van der Waals surface area (Å²) in [6.45, 7) is -0.145. The molecule has 0 spiro atoms. The van der Waals surface area contributed by atoms with E-state index in [0.29, 0.717) is 43.1 Å². The Morgan fingerprint density at radius 1 is 0.868 bits per heavy atom. The highest BCUT2D eigenvalue weighted by atomic mass is 79.9. The number of hydrogen-bond acceptors (Lipinski definition) is 9. The van der Waals surface area contributed by atoms with E-state index in [1.807, 2.05) is 0 Å². The normalized spacial score (nSPS) is 12.9. The fourth-order valence-electron chi connectivity index (χ4n) is 3.47. The van der Waals surface area contributed by atoms with Gasteiger partial charge in [-0.2, -0.15) is 5.10 Å². The number of nitrogens with one attached hydrogen (secondary N) is 2. The van der Waals surface area contributed by atoms with Crippen molar-refractivity contribution in [1.29, 1.82) is 0 Å². The lowest BCUT2D eigenvalue weighted by atomic mass is 10.2. The van der Waals surface area contributed by atoms with E-state index in [1.165, 1.54) is 18.3 Å². The minimum Gasteiger partial charge on any atom is -0.454 e. The van der Waals surface area contributed by atoms with Crippen LogP contribution >= 0.6 is 31.9 Å². The molecule has 0 aromatic heterocycles. The van der Waals surface area contributed by atoms with Gasteiger partial charge in [0.1, 0.15) is 0 Å². The van der Waals surface area contributed by atoms with Gasteiger partial charge in [-0.15, -0.1) is 0 Å². The van der Waals surface area contributed by atoms with Crippen molar-refractivity contribution >= 4 is 55.9 Å². The summed E-state index contributed by atoms with van der Waals surface area (Å²) < 4.78 is 27.8. The number of benzene rings is 3. The van der Waals surface area contributed by atoms with Gasteiger partial charge in [0, 0.05) is 15.6 Å². The molecular weight excluding hydrogens is 630 g/mol. The predicted molar refractivity (Wildman–Crippen MR) is 140 cm³/mol. The first-order chi connectivity index (χ1) is 18.4. The van der Waals surface area contributed by atoms with E-state index < -0.39 is 17.8 Å². The molecule has 2 amide bonds. The number of esters is 1. The van der Waals surface area contributed by atoms with Gasteiger partial charge < -0.3 is 29.0 Å². The monoisotopic (exact) mass is 645 g/mol. The van der Waals surface area contributed by atoms with Crippen molar-refractivity contribution in [2.75, 3.05) is 20.1 Å². The molecule has 0 aliphatic carbocycles. The molecule has 0 radical (unpaired) electrons. The topological polar surface area (TPSA) is 134 Å². The molecule has 2 aliphatic rings. The standard InChI is InChI=1S/C25H17Br2N3O8/c26-16-5-15(23(17(27)8-16)38-25(33)14-2-4-19-21(7-14)37-12-35-19)9-29-30-22(31)10-28-24(32)13-1-3-18-20(6-13)36-11-34-18/h1-9H,10-12H2,(H,28,32)(H,30,31)/b29-9-. The van der Waals surface area contributed by atoms with Crippen LogP contribution in [0.4, 0.5) is 0 Å². The average Bonchev–Trinajstić information content (AvgIpc) is 3.57. The molecule has 2 aliphatic heterocycles. The number of halogens is 2. The van der Waals surface area contributed by atoms with Crippen LogP contribution in [0.3, 0.4) is 0 Å². The summed E-state index contributed by atoms with van der Waals surface area (Å²) in [4.78, 5) is 37.4. The molecule has 11 nitrogen and oxygen atoms in total. The number of hydrazone groups is 1. The van der Waals surface area contributed by atoms with E-state index in [4.69, 9.17) is 23.7 Å². The number of ether oxygens (including phenoxy) is 5. The van der Waals surface area contributed by atoms with E-state index in [2.05, 4.69) is 47.7 Å². The van der Waals surface area contributed by atoms with Crippen LogP contribution in [-0.2, 0) is 4.79 Å². The van der Waals surface area contributed by atoms with Gasteiger partial charge in [-0.05, 0) is 64.5 Å². The Bertz CT molecular complexity index is 1480. The fraction of sp³-hybridized carbons (Fsp3) is 0.120. The summed E-state index contributed by atoms with van der Waals surface area (Å²) in [6.07, 6.45) is 1.31. The van der Waals surface area contributed by atoms with Crippen LogP contribution < -0.4 is 34.4 Å². The summed E-state index contributed by atoms with van der Waals surface area (Å²) >= 11 is 6.77. The Morgan fingerprint density at radius 3 is 2.21 bits per heavy atom. The van der Waals surface area contributed by atoms with Gasteiger partial charge in [-0.1, -0.05) is 15.9 Å². The second kappa shape index (κ2) is 11.1. The number of carbonyl (C=O) groups excluding carboxylic acids is 3. The molecule has 0 atom stereocenters. The number of carbonyl (C=O) groups is 3. The van der Waals surface area contributed by atoms with Crippen molar-refractivity contribution in [2.24, 2.45) is 5.10 Å². The molecule has 194 valence electrons. The van der Waals surface area contributed by atoms with Crippen molar-refractivity contribution in [2.45, 2.75) is 0 Å². The molecule has 2 N–H and O–H groups in total. The van der Waals surface area contributed by atoms with E-state index in [-0.39, 0.29) is 31.4 Å².